The van der Waals surface area contributed by atoms with Gasteiger partial charge in [-0.25, -0.2) is 9.59 Å². The predicted octanol–water partition coefficient (Wildman–Crippen LogP) is -0.175. The molecule has 0 aromatic carbocycles. The van der Waals surface area contributed by atoms with Crippen LogP contribution in [0.15, 0.2) is 0 Å². The topological polar surface area (TPSA) is 81.1 Å². The van der Waals surface area contributed by atoms with Gasteiger partial charge in [0.25, 0.3) is 0 Å². The average Bonchev–Trinajstić information content (AvgIpc) is 2.22. The fourth-order valence-electron chi connectivity index (χ4n) is 1.06. The fourth-order valence-corrected chi connectivity index (χ4v) is 1.06. The van der Waals surface area contributed by atoms with Crippen molar-refractivity contribution >= 4 is 12.0 Å². The van der Waals surface area contributed by atoms with E-state index in [2.05, 4.69) is 0 Å². The van der Waals surface area contributed by atoms with Gasteiger partial charge in [-0.2, -0.15) is 0 Å². The van der Waals surface area contributed by atoms with E-state index in [4.69, 9.17) is 10.2 Å². The lowest BCUT2D eigenvalue weighted by Gasteiger charge is -2.28. The van der Waals surface area contributed by atoms with Crippen molar-refractivity contribution in [1.29, 1.82) is 0 Å². The van der Waals surface area contributed by atoms with Gasteiger partial charge in [0.15, 0.2) is 0 Å². The molecule has 0 aliphatic heterocycles. The first kappa shape index (κ1) is 13.7. The number of hydrogen-bond acceptors (Lipinski definition) is 3. The van der Waals surface area contributed by atoms with E-state index < -0.39 is 12.0 Å². The van der Waals surface area contributed by atoms with Gasteiger partial charge in [0.2, 0.25) is 0 Å². The fraction of sp³-hybridized carbons (Fsp3) is 0.778. The van der Waals surface area contributed by atoms with Gasteiger partial charge in [-0.15, -0.1) is 0 Å². The van der Waals surface area contributed by atoms with Crippen LogP contribution in [0.5, 0.6) is 0 Å². The summed E-state index contributed by atoms with van der Waals surface area (Å²) in [5.74, 6) is -1.05. The summed E-state index contributed by atoms with van der Waals surface area (Å²) in [5.41, 5.74) is 0. The lowest BCUT2D eigenvalue weighted by Crippen LogP contribution is -2.48. The molecule has 0 spiro atoms. The minimum absolute atomic E-state index is 0.130. The number of aliphatic carboxylic acids is 1. The van der Waals surface area contributed by atoms with Gasteiger partial charge in [-0.05, 0) is 13.8 Å². The summed E-state index contributed by atoms with van der Waals surface area (Å²) < 4.78 is 0. The van der Waals surface area contributed by atoms with Crippen LogP contribution in [0.4, 0.5) is 4.79 Å². The van der Waals surface area contributed by atoms with Crippen molar-refractivity contribution in [3.63, 3.8) is 0 Å². The number of urea groups is 1. The zero-order valence-corrected chi connectivity index (χ0v) is 9.30. The summed E-state index contributed by atoms with van der Waals surface area (Å²) in [6, 6.07) is -1.26. The minimum Gasteiger partial charge on any atom is -0.480 e. The van der Waals surface area contributed by atoms with Crippen LogP contribution >= 0.6 is 0 Å². The minimum atomic E-state index is -1.05. The van der Waals surface area contributed by atoms with Crippen molar-refractivity contribution in [1.82, 2.24) is 9.80 Å². The molecule has 88 valence electrons. The van der Waals surface area contributed by atoms with Crippen LogP contribution in [-0.4, -0.2) is 64.8 Å². The number of amides is 2. The largest absolute Gasteiger partial charge is 0.480 e. The summed E-state index contributed by atoms with van der Waals surface area (Å²) in [6.07, 6.45) is 0. The average molecular weight is 218 g/mol. The Morgan fingerprint density at radius 3 is 2.27 bits per heavy atom. The third-order valence-electron chi connectivity index (χ3n) is 2.26. The van der Waals surface area contributed by atoms with Crippen molar-refractivity contribution in [2.75, 3.05) is 26.7 Å². The highest BCUT2D eigenvalue weighted by Crippen LogP contribution is 2.02. The molecule has 6 nitrogen and oxygen atoms in total. The molecule has 2 amide bonds. The highest BCUT2D eigenvalue weighted by atomic mass is 16.4. The van der Waals surface area contributed by atoms with Gasteiger partial charge in [0.05, 0.1) is 6.61 Å². The van der Waals surface area contributed by atoms with Crippen LogP contribution in [0.1, 0.15) is 13.8 Å². The summed E-state index contributed by atoms with van der Waals surface area (Å²) in [6.45, 7) is 3.73. The lowest BCUT2D eigenvalue weighted by molar-refractivity contribution is -0.141. The van der Waals surface area contributed by atoms with Gasteiger partial charge in [0.1, 0.15) is 6.04 Å². The number of hydrogen-bond donors (Lipinski definition) is 2. The van der Waals surface area contributed by atoms with Crippen molar-refractivity contribution in [2.45, 2.75) is 19.9 Å². The number of likely N-dealkylation sites (N-methyl/N-ethyl adjacent to an activating group) is 2. The predicted molar refractivity (Wildman–Crippen MR) is 54.6 cm³/mol. The van der Waals surface area contributed by atoms with Crippen molar-refractivity contribution in [3.05, 3.63) is 0 Å². The molecule has 0 fully saturated rings. The Balaban J connectivity index is 4.46. The van der Waals surface area contributed by atoms with E-state index in [9.17, 15) is 9.59 Å². The molecule has 1 atom stereocenters. The van der Waals surface area contributed by atoms with Crippen molar-refractivity contribution in [3.8, 4) is 0 Å². The Bertz CT molecular complexity index is 232. The Morgan fingerprint density at radius 2 is 1.93 bits per heavy atom. The van der Waals surface area contributed by atoms with Crippen LogP contribution in [-0.2, 0) is 4.79 Å². The lowest BCUT2D eigenvalue weighted by atomic mass is 10.3. The third-order valence-corrected chi connectivity index (χ3v) is 2.26. The molecule has 0 bridgehead atoms. The third kappa shape index (κ3) is 3.75. The summed E-state index contributed by atoms with van der Waals surface area (Å²) in [5, 5.41) is 17.4. The molecule has 15 heavy (non-hydrogen) atoms. The smallest absolute Gasteiger partial charge is 0.326 e. The quantitative estimate of drug-likeness (QED) is 0.671. The van der Waals surface area contributed by atoms with E-state index >= 15 is 0 Å². The van der Waals surface area contributed by atoms with Crippen molar-refractivity contribution < 1.29 is 19.8 Å². The van der Waals surface area contributed by atoms with Crippen LogP contribution in [0.3, 0.4) is 0 Å². The number of aliphatic hydroxyl groups is 1. The van der Waals surface area contributed by atoms with Crippen molar-refractivity contribution in [2.24, 2.45) is 0 Å². The Kier molecular flexibility index (Phi) is 5.69. The standard InChI is InChI=1S/C9H18N2O4/c1-4-11(5-6-12)9(15)10(3)7(2)8(13)14/h7,12H,4-6H2,1-3H3,(H,13,14). The number of carbonyl (C=O) groups is 2. The van der Waals surface area contributed by atoms with Gasteiger partial charge in [-0.3, -0.25) is 0 Å². The number of carboxylic acids is 1. The van der Waals surface area contributed by atoms with Gasteiger partial charge in [-0.1, -0.05) is 0 Å². The normalized spacial score (nSPS) is 12.0. The molecule has 0 aromatic rings. The highest BCUT2D eigenvalue weighted by Gasteiger charge is 2.24. The molecule has 0 radical (unpaired) electrons. The van der Waals surface area contributed by atoms with Gasteiger partial charge < -0.3 is 20.0 Å². The van der Waals surface area contributed by atoms with Crippen LogP contribution < -0.4 is 0 Å². The molecule has 1 unspecified atom stereocenters. The zero-order valence-electron chi connectivity index (χ0n) is 9.30. The SMILES string of the molecule is CCN(CCO)C(=O)N(C)C(C)C(=O)O. The molecule has 0 aliphatic rings. The van der Waals surface area contributed by atoms with E-state index in [0.717, 1.165) is 4.90 Å². The number of nitrogens with zero attached hydrogens (tertiary/aromatic N) is 2. The van der Waals surface area contributed by atoms with E-state index in [-0.39, 0.29) is 19.2 Å². The number of aliphatic hydroxyl groups excluding tert-OH is 1. The first-order valence-electron chi connectivity index (χ1n) is 4.81. The molecular weight excluding hydrogens is 200 g/mol. The van der Waals surface area contributed by atoms with Gasteiger partial charge in [0, 0.05) is 20.1 Å². The maximum Gasteiger partial charge on any atom is 0.326 e. The monoisotopic (exact) mass is 218 g/mol. The van der Waals surface area contributed by atoms with E-state index in [0.29, 0.717) is 6.54 Å². The van der Waals surface area contributed by atoms with Crippen LogP contribution in [0, 0.1) is 0 Å². The molecule has 0 rings (SSSR count). The maximum atomic E-state index is 11.7. The second-order valence-corrected chi connectivity index (χ2v) is 3.21. The molecule has 0 aromatic heterocycles. The Labute approximate surface area is 89.1 Å². The summed E-state index contributed by atoms with van der Waals surface area (Å²) >= 11 is 0. The summed E-state index contributed by atoms with van der Waals surface area (Å²) in [4.78, 5) is 24.9. The summed E-state index contributed by atoms with van der Waals surface area (Å²) in [7, 11) is 1.43. The first-order valence-corrected chi connectivity index (χ1v) is 4.81. The van der Waals surface area contributed by atoms with Crippen LogP contribution in [0.25, 0.3) is 0 Å². The Hall–Kier alpha value is -1.30. The maximum absolute atomic E-state index is 11.7. The Morgan fingerprint density at radius 1 is 1.40 bits per heavy atom. The number of carboxylic acid groups (broad SMARTS) is 1. The van der Waals surface area contributed by atoms with E-state index in [1.165, 1.54) is 18.9 Å². The second kappa shape index (κ2) is 6.23. The van der Waals surface area contributed by atoms with E-state index in [1.54, 1.807) is 6.92 Å². The molecule has 0 saturated heterocycles. The zero-order chi connectivity index (χ0) is 12.0. The molecular formula is C9H18N2O4. The molecule has 0 heterocycles. The van der Waals surface area contributed by atoms with Crippen LogP contribution in [0.2, 0.25) is 0 Å². The molecule has 2 N–H and O–H groups in total. The number of carbonyl (C=O) groups excluding carboxylic acids is 1. The number of rotatable bonds is 5. The van der Waals surface area contributed by atoms with Gasteiger partial charge >= 0.3 is 12.0 Å². The molecule has 6 heteroatoms. The molecule has 0 saturated carbocycles. The van der Waals surface area contributed by atoms with E-state index in [1.807, 2.05) is 0 Å². The molecule has 0 aliphatic carbocycles. The first-order chi connectivity index (χ1) is 6.95. The highest BCUT2D eigenvalue weighted by molar-refractivity contribution is 5.82. The second-order valence-electron chi connectivity index (χ2n) is 3.21.